The second kappa shape index (κ2) is 54.1. The molecule has 0 radical (unpaired) electrons. The molecule has 85 heavy (non-hydrogen) atoms. The van der Waals surface area contributed by atoms with Crippen LogP contribution in [0.4, 0.5) is 9.59 Å². The summed E-state index contributed by atoms with van der Waals surface area (Å²) in [6.45, 7) is 15.9. The van der Waals surface area contributed by atoms with Gasteiger partial charge in [0.25, 0.3) is 0 Å². The Hall–Kier alpha value is -5.31. The summed E-state index contributed by atoms with van der Waals surface area (Å²) in [5.41, 5.74) is 6.10. The average Bonchev–Trinajstić information content (AvgIpc) is 3.47. The van der Waals surface area contributed by atoms with Gasteiger partial charge in [0, 0.05) is 129 Å². The summed E-state index contributed by atoms with van der Waals surface area (Å²) in [4.78, 5) is 146. The van der Waals surface area contributed by atoms with E-state index in [-0.39, 0.29) is 171 Å². The first-order valence-corrected chi connectivity index (χ1v) is 32.9. The number of carbonyl (C=O) groups is 11. The van der Waals surface area contributed by atoms with Crippen molar-refractivity contribution in [1.29, 1.82) is 0 Å². The number of allylic oxidation sites excluding steroid dienone is 1. The molecule has 27 nitrogen and oxygen atoms in total. The van der Waals surface area contributed by atoms with Crippen LogP contribution in [0, 0.1) is 0 Å². The molecule has 0 saturated heterocycles. The number of nitrogens with zero attached hydrogens (tertiary/aromatic N) is 2. The summed E-state index contributed by atoms with van der Waals surface area (Å²) >= 11 is 1.53. The topological polar surface area (TPSA) is 360 Å². The summed E-state index contributed by atoms with van der Waals surface area (Å²) in [6.07, 6.45) is 6.65. The smallest absolute Gasteiger partial charge is 0.409 e. The second-order valence-corrected chi connectivity index (χ2v) is 23.9. The molecule has 0 aromatic carbocycles. The Bertz CT molecular complexity index is 1970. The normalized spacial score (nSPS) is 11.0. The van der Waals surface area contributed by atoms with Crippen molar-refractivity contribution in [3.63, 3.8) is 0 Å². The predicted octanol–water partition coefficient (Wildman–Crippen LogP) is 3.06. The summed E-state index contributed by atoms with van der Waals surface area (Å²) in [6, 6.07) is 0. The van der Waals surface area contributed by atoms with Crippen LogP contribution in [0.1, 0.15) is 124 Å². The average molecular weight is 1280 g/mol. The highest BCUT2D eigenvalue weighted by Crippen LogP contribution is 2.08. The molecule has 0 spiro atoms. The van der Waals surface area contributed by atoms with Gasteiger partial charge in [-0.05, 0) is 71.3 Å². The first-order valence-electron chi connectivity index (χ1n) is 28.7. The minimum Gasteiger partial charge on any atom is -0.609 e. The molecule has 0 aliphatic heterocycles. The van der Waals surface area contributed by atoms with E-state index in [1.165, 1.54) is 30.6 Å². The Kier molecular flexibility index (Phi) is 50.7. The van der Waals surface area contributed by atoms with Gasteiger partial charge in [-0.2, -0.15) is 5.48 Å². The van der Waals surface area contributed by atoms with Crippen molar-refractivity contribution in [3.05, 3.63) is 23.9 Å². The van der Waals surface area contributed by atoms with Gasteiger partial charge >= 0.3 is 17.3 Å². The number of hydrogen-bond acceptors (Lipinski definition) is 22. The van der Waals surface area contributed by atoms with Crippen LogP contribution in [0.5, 0.6) is 0 Å². The van der Waals surface area contributed by atoms with E-state index < -0.39 is 23.4 Å². The Morgan fingerprint density at radius 2 is 0.835 bits per heavy atom. The molecule has 1 atom stereocenters. The first-order chi connectivity index (χ1) is 40.7. The standard InChI is InChI=1S/C54H94N10O17S4/c1-7-85(76)46(6)81-61-26-17-19-42(2)62-80-34-18-30-63(31-27-58-47(68)20-11-8-14-23-55-50(71)39-82-43(3)65)53(74)78-37-35-77-36-38-79-54(75)64(32-28-59-48(69)21-12-9-15-24-56-51(72)40-83-44(4)66)33-29-60-49(70)22-13-10-16-25-57-52(73)41-84-45(5)67/h61-62H,2,6-41H2,1,3-5H3,(H,55,71)(H,56,72)(H,57,73)(H,58,68)(H,59,69)(H,60,70). The van der Waals surface area contributed by atoms with Crippen LogP contribution in [0.25, 0.3) is 0 Å². The molecule has 486 valence electrons. The molecule has 0 heterocycles. The van der Waals surface area contributed by atoms with Crippen molar-refractivity contribution >= 4 is 109 Å². The third-order valence-corrected chi connectivity index (χ3v) is 14.9. The molecule has 8 amide bonds. The van der Waals surface area contributed by atoms with E-state index in [4.69, 9.17) is 23.9 Å². The van der Waals surface area contributed by atoms with Crippen molar-refractivity contribution in [2.75, 3.05) is 128 Å². The molecule has 0 rings (SSSR count). The van der Waals surface area contributed by atoms with Crippen LogP contribution in [-0.4, -0.2) is 205 Å². The number of hydroxylamine groups is 2. The van der Waals surface area contributed by atoms with Crippen molar-refractivity contribution in [2.45, 2.75) is 124 Å². The lowest BCUT2D eigenvalue weighted by atomic mass is 10.2. The first kappa shape index (κ1) is 79.7. The fraction of sp³-hybridized carbons (Fsp3) is 0.722. The van der Waals surface area contributed by atoms with E-state index in [2.05, 4.69) is 56.0 Å². The number of ether oxygens (including phenoxy) is 3. The molecule has 0 aromatic heterocycles. The molecular weight excluding hydrogens is 1190 g/mol. The molecule has 1 unspecified atom stereocenters. The maximum Gasteiger partial charge on any atom is 0.409 e. The van der Waals surface area contributed by atoms with Crippen molar-refractivity contribution in [1.82, 2.24) is 52.7 Å². The molecular formula is C54H94N10O17S4. The zero-order valence-electron chi connectivity index (χ0n) is 50.1. The monoisotopic (exact) mass is 1280 g/mol. The van der Waals surface area contributed by atoms with E-state index in [0.717, 1.165) is 35.3 Å². The summed E-state index contributed by atoms with van der Waals surface area (Å²) in [5.74, 6) is -0.768. The van der Waals surface area contributed by atoms with Gasteiger partial charge in [0.05, 0.1) is 37.1 Å². The minimum atomic E-state index is -1.28. The van der Waals surface area contributed by atoms with Crippen molar-refractivity contribution in [3.8, 4) is 0 Å². The Morgan fingerprint density at radius 3 is 1.22 bits per heavy atom. The van der Waals surface area contributed by atoms with E-state index in [9.17, 15) is 57.3 Å². The zero-order valence-corrected chi connectivity index (χ0v) is 53.4. The number of amides is 8. The third kappa shape index (κ3) is 51.6. The fourth-order valence-corrected chi connectivity index (χ4v) is 8.63. The van der Waals surface area contributed by atoms with Crippen LogP contribution in [0.2, 0.25) is 0 Å². The third-order valence-electron chi connectivity index (χ3n) is 11.3. The van der Waals surface area contributed by atoms with E-state index in [0.29, 0.717) is 115 Å². The Labute approximate surface area is 516 Å². The zero-order chi connectivity index (χ0) is 63.3. The molecule has 0 bridgehead atoms. The maximum atomic E-state index is 13.3. The van der Waals surface area contributed by atoms with Gasteiger partial charge in [-0.1, -0.05) is 61.1 Å². The van der Waals surface area contributed by atoms with Crippen molar-refractivity contribution < 1.29 is 81.2 Å². The van der Waals surface area contributed by atoms with Gasteiger partial charge in [0.2, 0.25) is 35.4 Å². The molecule has 0 fully saturated rings. The van der Waals surface area contributed by atoms with Gasteiger partial charge < -0.3 is 65.3 Å². The van der Waals surface area contributed by atoms with Gasteiger partial charge in [0.15, 0.2) is 15.3 Å². The Balaban J connectivity index is 5.17. The summed E-state index contributed by atoms with van der Waals surface area (Å²) < 4.78 is 28.2. The van der Waals surface area contributed by atoms with Crippen LogP contribution in [0.15, 0.2) is 23.9 Å². The number of hydrogen-bond donors (Lipinski definition) is 8. The predicted molar refractivity (Wildman–Crippen MR) is 329 cm³/mol. The highest BCUT2D eigenvalue weighted by atomic mass is 32.2. The quantitative estimate of drug-likeness (QED) is 0.0188. The largest absolute Gasteiger partial charge is 0.609 e. The van der Waals surface area contributed by atoms with Crippen LogP contribution in [-0.2, 0) is 78.2 Å². The molecule has 8 N–H and O–H groups in total. The SMILES string of the molecule is C=C(CCCNOC(=C)[S+]([O-])CC)NOCCCN(CCNC(=O)CCCCCNC(=O)CSC(C)=O)C(=O)OCCOCCOC(=O)N(CCNC(=O)CCCCCNC(=O)CSC(C)=O)CCNC(=O)CCCCCNC(=O)CSC(C)=O. The summed E-state index contributed by atoms with van der Waals surface area (Å²) in [7, 11) is 0. The lowest BCUT2D eigenvalue weighted by molar-refractivity contribution is -0.122. The van der Waals surface area contributed by atoms with E-state index >= 15 is 0 Å². The van der Waals surface area contributed by atoms with Crippen LogP contribution < -0.4 is 42.9 Å². The minimum absolute atomic E-state index is 0.0374. The van der Waals surface area contributed by atoms with Gasteiger partial charge in [-0.3, -0.25) is 53.5 Å². The van der Waals surface area contributed by atoms with Gasteiger partial charge in [-0.25, -0.2) is 9.59 Å². The fourth-order valence-electron chi connectivity index (χ4n) is 6.85. The van der Waals surface area contributed by atoms with Crippen molar-refractivity contribution in [2.24, 2.45) is 0 Å². The Morgan fingerprint density at radius 1 is 0.447 bits per heavy atom. The lowest BCUT2D eigenvalue weighted by Crippen LogP contribution is -2.43. The van der Waals surface area contributed by atoms with Gasteiger partial charge in [0.1, 0.15) is 19.0 Å². The molecule has 0 aliphatic carbocycles. The van der Waals surface area contributed by atoms with Gasteiger partial charge in [-0.15, -0.1) is 0 Å². The number of nitrogens with one attached hydrogen (secondary N) is 8. The highest BCUT2D eigenvalue weighted by Gasteiger charge is 2.18. The second-order valence-electron chi connectivity index (χ2n) is 18.7. The maximum absolute atomic E-state index is 13.3. The van der Waals surface area contributed by atoms with Crippen LogP contribution in [0.3, 0.4) is 0 Å². The molecule has 31 heteroatoms. The molecule has 0 saturated carbocycles. The van der Waals surface area contributed by atoms with E-state index in [1.54, 1.807) is 6.92 Å². The number of rotatable bonds is 53. The van der Waals surface area contributed by atoms with Crippen LogP contribution >= 0.6 is 35.3 Å². The number of carbonyl (C=O) groups excluding carboxylic acids is 11. The summed E-state index contributed by atoms with van der Waals surface area (Å²) in [5, 5.41) is 16.4. The number of unbranched alkanes of at least 4 members (excludes halogenated alkanes) is 6. The van der Waals surface area contributed by atoms with E-state index in [1.807, 2.05) is 0 Å². The number of thioether (sulfide) groups is 3. The highest BCUT2D eigenvalue weighted by molar-refractivity contribution is 8.14. The lowest BCUT2D eigenvalue weighted by Gasteiger charge is -2.23. The molecule has 0 aliphatic rings. The molecule has 0 aromatic rings.